The molecule has 0 spiro atoms. The molecule has 8 nitrogen and oxygen atoms in total. The number of nitrogens with zero attached hydrogens (tertiary/aromatic N) is 5. The van der Waals surface area contributed by atoms with Crippen molar-refractivity contribution in [2.24, 2.45) is 0 Å². The Labute approximate surface area is 207 Å². The number of nitrogens with two attached hydrogens (primary N) is 1. The van der Waals surface area contributed by atoms with Gasteiger partial charge in [-0.15, -0.1) is 15.0 Å². The summed E-state index contributed by atoms with van der Waals surface area (Å²) in [7, 11) is 3.31. The van der Waals surface area contributed by atoms with E-state index >= 15 is 0 Å². The summed E-state index contributed by atoms with van der Waals surface area (Å²) in [5.41, 5.74) is 10.5. The number of nitrogen functional groups attached to an aromatic ring is 1. The lowest BCUT2D eigenvalue weighted by Gasteiger charge is -2.29. The van der Waals surface area contributed by atoms with Crippen LogP contribution in [0.25, 0.3) is 17.1 Å². The summed E-state index contributed by atoms with van der Waals surface area (Å²) >= 11 is 0. The summed E-state index contributed by atoms with van der Waals surface area (Å²) in [6.45, 7) is 2.78. The molecule has 0 atom stereocenters. The van der Waals surface area contributed by atoms with Gasteiger partial charge in [0.1, 0.15) is 0 Å². The first-order valence-electron chi connectivity index (χ1n) is 11.6. The van der Waals surface area contributed by atoms with Crippen LogP contribution in [0.5, 0.6) is 11.5 Å². The average Bonchev–Trinajstić information content (AvgIpc) is 3.39. The molecule has 0 aliphatic carbocycles. The molecule has 2 N–H and O–H groups in total. The lowest BCUT2D eigenvalue weighted by atomic mass is 9.98. The molecule has 0 unspecified atom stereocenters. The highest BCUT2D eigenvalue weighted by Gasteiger charge is 2.19. The highest BCUT2D eigenvalue weighted by molar-refractivity contribution is 5.71. The van der Waals surface area contributed by atoms with Crippen LogP contribution in [0.3, 0.4) is 0 Å². The van der Waals surface area contributed by atoms with E-state index < -0.39 is 11.6 Å². The van der Waals surface area contributed by atoms with Crippen LogP contribution >= 0.6 is 0 Å². The molecule has 0 amide bonds. The van der Waals surface area contributed by atoms with E-state index in [0.717, 1.165) is 56.1 Å². The minimum atomic E-state index is -1.02. The third kappa shape index (κ3) is 4.72. The van der Waals surface area contributed by atoms with Crippen molar-refractivity contribution in [3.63, 3.8) is 0 Å². The zero-order valence-corrected chi connectivity index (χ0v) is 20.0. The summed E-state index contributed by atoms with van der Waals surface area (Å²) in [4.78, 5) is 3.77. The monoisotopic (exact) mass is 492 g/mol. The van der Waals surface area contributed by atoms with Gasteiger partial charge < -0.3 is 15.2 Å². The van der Waals surface area contributed by atoms with Gasteiger partial charge in [-0.3, -0.25) is 4.90 Å². The van der Waals surface area contributed by atoms with Gasteiger partial charge >= 0.3 is 0 Å². The van der Waals surface area contributed by atoms with Crippen molar-refractivity contribution in [1.29, 1.82) is 0 Å². The summed E-state index contributed by atoms with van der Waals surface area (Å²) < 4.78 is 37.9. The van der Waals surface area contributed by atoms with Crippen molar-refractivity contribution in [1.82, 2.24) is 25.1 Å². The van der Waals surface area contributed by atoms with Crippen LogP contribution < -0.4 is 15.2 Å². The fourth-order valence-corrected chi connectivity index (χ4v) is 4.40. The Kier molecular flexibility index (Phi) is 6.51. The largest absolute Gasteiger partial charge is 0.493 e. The number of benzene rings is 3. The molecule has 0 saturated carbocycles. The van der Waals surface area contributed by atoms with E-state index in [1.165, 1.54) is 21.5 Å². The molecule has 1 aromatic heterocycles. The second kappa shape index (κ2) is 9.90. The summed E-state index contributed by atoms with van der Waals surface area (Å²) in [5.74, 6) is -0.392. The molecule has 1 aliphatic heterocycles. The van der Waals surface area contributed by atoms with Gasteiger partial charge in [0.25, 0.3) is 0 Å². The van der Waals surface area contributed by atoms with Gasteiger partial charge in [0, 0.05) is 37.0 Å². The Bertz CT molecular complexity index is 1390. The quantitative estimate of drug-likeness (QED) is 0.392. The number of aromatic nitrogens is 4. The van der Waals surface area contributed by atoms with Crippen LogP contribution in [0.1, 0.15) is 16.7 Å². The maximum Gasteiger partial charge on any atom is 0.207 e. The van der Waals surface area contributed by atoms with E-state index in [9.17, 15) is 8.78 Å². The van der Waals surface area contributed by atoms with Crippen molar-refractivity contribution < 1.29 is 18.3 Å². The van der Waals surface area contributed by atoms with Gasteiger partial charge in [0.2, 0.25) is 5.82 Å². The molecule has 4 aromatic rings. The van der Waals surface area contributed by atoms with Crippen molar-refractivity contribution in [2.75, 3.05) is 33.0 Å². The van der Waals surface area contributed by atoms with Crippen molar-refractivity contribution in [3.05, 3.63) is 76.9 Å². The maximum absolute atomic E-state index is 13.6. The fourth-order valence-electron chi connectivity index (χ4n) is 4.40. The van der Waals surface area contributed by atoms with Crippen molar-refractivity contribution in [3.8, 4) is 28.6 Å². The molecular weight excluding hydrogens is 466 g/mol. The van der Waals surface area contributed by atoms with Crippen molar-refractivity contribution in [2.45, 2.75) is 19.4 Å². The topological polar surface area (TPSA) is 91.3 Å². The molecule has 1 aliphatic rings. The Morgan fingerprint density at radius 3 is 2.36 bits per heavy atom. The Morgan fingerprint density at radius 2 is 1.64 bits per heavy atom. The highest BCUT2D eigenvalue weighted by atomic mass is 19.2. The van der Waals surface area contributed by atoms with Crippen LogP contribution in [-0.4, -0.2) is 52.4 Å². The molecule has 2 heterocycles. The van der Waals surface area contributed by atoms with Crippen LogP contribution in [0.4, 0.5) is 14.5 Å². The van der Waals surface area contributed by atoms with Crippen LogP contribution in [0, 0.1) is 11.6 Å². The zero-order chi connectivity index (χ0) is 25.2. The van der Waals surface area contributed by atoms with Crippen LogP contribution in [0.15, 0.2) is 48.5 Å². The molecule has 0 radical (unpaired) electrons. The number of hydrogen-bond donors (Lipinski definition) is 1. The molecule has 186 valence electrons. The number of methoxy groups -OCH3 is 2. The smallest absolute Gasteiger partial charge is 0.207 e. The van der Waals surface area contributed by atoms with E-state index in [1.54, 1.807) is 14.2 Å². The van der Waals surface area contributed by atoms with Gasteiger partial charge in [-0.05, 0) is 65.1 Å². The third-order valence-corrected chi connectivity index (χ3v) is 6.43. The third-order valence-electron chi connectivity index (χ3n) is 6.43. The summed E-state index contributed by atoms with van der Waals surface area (Å²) in [6.07, 6.45) is 1.86. The van der Waals surface area contributed by atoms with Crippen molar-refractivity contribution >= 4 is 5.69 Å². The molecular formula is C26H26F2N6O2. The molecule has 36 heavy (non-hydrogen) atoms. The average molecular weight is 493 g/mol. The van der Waals surface area contributed by atoms with Gasteiger partial charge in [0.05, 0.1) is 19.9 Å². The number of tetrazole rings is 1. The predicted molar refractivity (Wildman–Crippen MR) is 131 cm³/mol. The SMILES string of the molecule is COc1cc2c(cc1OC)CN(CCc1ccc(-n3nnc(-c4cc(F)c(F)cc4N)n3)cc1)CC2. The van der Waals surface area contributed by atoms with E-state index in [4.69, 9.17) is 15.2 Å². The Morgan fingerprint density at radius 1 is 0.944 bits per heavy atom. The van der Waals surface area contributed by atoms with Gasteiger partial charge in [-0.2, -0.15) is 0 Å². The van der Waals surface area contributed by atoms with Crippen LogP contribution in [0.2, 0.25) is 0 Å². The standard InChI is InChI=1S/C26H26F2N6O2/c1-35-24-11-17-8-10-33(15-18(17)12-25(24)36-2)9-7-16-3-5-19(6-4-16)34-31-26(30-32-34)20-13-21(27)22(28)14-23(20)29/h3-6,11-14H,7-10,15,29H2,1-2H3. The van der Waals surface area contributed by atoms with Gasteiger partial charge in [0.15, 0.2) is 23.1 Å². The Balaban J connectivity index is 1.23. The fraction of sp³-hybridized carbons (Fsp3) is 0.269. The predicted octanol–water partition coefficient (Wildman–Crippen LogP) is 3.81. The first-order valence-corrected chi connectivity index (χ1v) is 11.6. The molecule has 0 fully saturated rings. The van der Waals surface area contributed by atoms with Crippen LogP contribution in [-0.2, 0) is 19.4 Å². The molecule has 5 rings (SSSR count). The maximum atomic E-state index is 13.6. The Hall–Kier alpha value is -4.05. The zero-order valence-electron chi connectivity index (χ0n) is 20.0. The molecule has 0 saturated heterocycles. The highest BCUT2D eigenvalue weighted by Crippen LogP contribution is 2.33. The second-order valence-corrected chi connectivity index (χ2v) is 8.67. The molecule has 3 aromatic carbocycles. The number of halogens is 2. The summed E-state index contributed by atoms with van der Waals surface area (Å²) in [6, 6.07) is 13.9. The number of ether oxygens (including phenoxy) is 2. The van der Waals surface area contributed by atoms with E-state index in [0.29, 0.717) is 5.69 Å². The number of hydrogen-bond acceptors (Lipinski definition) is 7. The second-order valence-electron chi connectivity index (χ2n) is 8.67. The summed E-state index contributed by atoms with van der Waals surface area (Å²) in [5, 5.41) is 12.3. The van der Waals surface area contributed by atoms with E-state index in [2.05, 4.69) is 32.4 Å². The lowest BCUT2D eigenvalue weighted by Crippen LogP contribution is -2.32. The number of rotatable bonds is 7. The minimum Gasteiger partial charge on any atom is -0.493 e. The number of fused-ring (bicyclic) bond motifs is 1. The lowest BCUT2D eigenvalue weighted by molar-refractivity contribution is 0.255. The first kappa shape index (κ1) is 23.7. The normalized spacial score (nSPS) is 13.4. The molecule has 0 bridgehead atoms. The minimum absolute atomic E-state index is 0.0433. The van der Waals surface area contributed by atoms with E-state index in [1.807, 2.05) is 24.3 Å². The van der Waals surface area contributed by atoms with Gasteiger partial charge in [-0.25, -0.2) is 8.78 Å². The molecule has 10 heteroatoms. The van der Waals surface area contributed by atoms with Gasteiger partial charge in [-0.1, -0.05) is 12.1 Å². The number of anilines is 1. The van der Waals surface area contributed by atoms with E-state index in [-0.39, 0.29) is 17.1 Å². The first-order chi connectivity index (χ1) is 17.4.